The van der Waals surface area contributed by atoms with Crippen LogP contribution >= 0.6 is 11.3 Å². The van der Waals surface area contributed by atoms with Gasteiger partial charge in [-0.3, -0.25) is 9.48 Å². The third kappa shape index (κ3) is 2.61. The second-order valence-corrected chi connectivity index (χ2v) is 4.70. The molecular weight excluding hydrogens is 234 g/mol. The number of carbonyl (C=O) groups is 1. The Morgan fingerprint density at radius 3 is 2.88 bits per heavy atom. The standard InChI is InChI=1S/C12H15N3OS/c1-3-9-7-10(15(4-2)14-9)11(16)8-12-13-5-6-17-12/h5-7H,3-4,8H2,1-2H3. The van der Waals surface area contributed by atoms with E-state index in [-0.39, 0.29) is 5.78 Å². The van der Waals surface area contributed by atoms with Gasteiger partial charge < -0.3 is 0 Å². The van der Waals surface area contributed by atoms with Crippen molar-refractivity contribution >= 4 is 17.1 Å². The van der Waals surface area contributed by atoms with E-state index in [1.54, 1.807) is 10.9 Å². The Kier molecular flexibility index (Phi) is 3.68. The summed E-state index contributed by atoms with van der Waals surface area (Å²) < 4.78 is 1.77. The summed E-state index contributed by atoms with van der Waals surface area (Å²) in [5.41, 5.74) is 1.66. The smallest absolute Gasteiger partial charge is 0.187 e. The number of hydrogen-bond acceptors (Lipinski definition) is 4. The van der Waals surface area contributed by atoms with Crippen LogP contribution in [0.15, 0.2) is 17.6 Å². The molecule has 90 valence electrons. The molecule has 0 bridgehead atoms. The lowest BCUT2D eigenvalue weighted by molar-refractivity contribution is 0.0982. The molecule has 0 aliphatic carbocycles. The van der Waals surface area contributed by atoms with E-state index in [0.29, 0.717) is 12.1 Å². The number of aryl methyl sites for hydroxylation is 2. The number of rotatable bonds is 5. The fourth-order valence-electron chi connectivity index (χ4n) is 1.68. The number of thiazole rings is 1. The minimum Gasteiger partial charge on any atom is -0.292 e. The van der Waals surface area contributed by atoms with E-state index >= 15 is 0 Å². The summed E-state index contributed by atoms with van der Waals surface area (Å²) in [6.07, 6.45) is 2.94. The summed E-state index contributed by atoms with van der Waals surface area (Å²) in [6.45, 7) is 4.75. The molecule has 0 unspecified atom stereocenters. The minimum atomic E-state index is 0.0917. The van der Waals surface area contributed by atoms with Crippen molar-refractivity contribution in [3.63, 3.8) is 0 Å². The molecule has 0 saturated heterocycles. The molecule has 0 saturated carbocycles. The zero-order valence-electron chi connectivity index (χ0n) is 10.0. The summed E-state index contributed by atoms with van der Waals surface area (Å²) >= 11 is 1.51. The monoisotopic (exact) mass is 249 g/mol. The van der Waals surface area contributed by atoms with Gasteiger partial charge in [0.05, 0.1) is 12.1 Å². The van der Waals surface area contributed by atoms with Gasteiger partial charge >= 0.3 is 0 Å². The Morgan fingerprint density at radius 2 is 2.29 bits per heavy atom. The Balaban J connectivity index is 2.21. The van der Waals surface area contributed by atoms with E-state index in [2.05, 4.69) is 10.1 Å². The molecule has 0 aromatic carbocycles. The molecule has 0 spiro atoms. The minimum absolute atomic E-state index is 0.0917. The lowest BCUT2D eigenvalue weighted by Gasteiger charge is -2.01. The first-order valence-electron chi connectivity index (χ1n) is 5.72. The normalized spacial score (nSPS) is 10.7. The second-order valence-electron chi connectivity index (χ2n) is 3.72. The largest absolute Gasteiger partial charge is 0.292 e. The summed E-state index contributed by atoms with van der Waals surface area (Å²) in [5.74, 6) is 0.0917. The van der Waals surface area contributed by atoms with Gasteiger partial charge in [0.25, 0.3) is 0 Å². The quantitative estimate of drug-likeness (QED) is 0.764. The lowest BCUT2D eigenvalue weighted by atomic mass is 10.2. The van der Waals surface area contributed by atoms with Crippen molar-refractivity contribution in [2.45, 2.75) is 33.2 Å². The van der Waals surface area contributed by atoms with Gasteiger partial charge in [-0.15, -0.1) is 11.3 Å². The van der Waals surface area contributed by atoms with Gasteiger partial charge in [0, 0.05) is 18.1 Å². The molecule has 4 nitrogen and oxygen atoms in total. The fraction of sp³-hybridized carbons (Fsp3) is 0.417. The zero-order valence-corrected chi connectivity index (χ0v) is 10.8. The van der Waals surface area contributed by atoms with Gasteiger partial charge in [-0.1, -0.05) is 6.92 Å². The maximum Gasteiger partial charge on any atom is 0.187 e. The summed E-state index contributed by atoms with van der Waals surface area (Å²) in [5, 5.41) is 7.12. The third-order valence-corrected chi connectivity index (χ3v) is 3.35. The van der Waals surface area contributed by atoms with Crippen LogP contribution in [-0.4, -0.2) is 20.5 Å². The second kappa shape index (κ2) is 5.23. The number of ketones is 1. The lowest BCUT2D eigenvalue weighted by Crippen LogP contribution is -2.11. The van der Waals surface area contributed by atoms with E-state index in [4.69, 9.17) is 0 Å². The van der Waals surface area contributed by atoms with E-state index in [1.165, 1.54) is 11.3 Å². The van der Waals surface area contributed by atoms with Crippen LogP contribution in [0, 0.1) is 0 Å². The highest BCUT2D eigenvalue weighted by Crippen LogP contribution is 2.12. The molecule has 0 radical (unpaired) electrons. The maximum atomic E-state index is 12.1. The number of nitrogens with zero attached hydrogens (tertiary/aromatic N) is 3. The molecule has 0 fully saturated rings. The van der Waals surface area contributed by atoms with Gasteiger partial charge in [0.1, 0.15) is 10.7 Å². The van der Waals surface area contributed by atoms with Gasteiger partial charge in [-0.25, -0.2) is 4.98 Å². The Hall–Kier alpha value is -1.49. The summed E-state index contributed by atoms with van der Waals surface area (Å²) in [7, 11) is 0. The highest BCUT2D eigenvalue weighted by molar-refractivity contribution is 7.09. The highest BCUT2D eigenvalue weighted by atomic mass is 32.1. The van der Waals surface area contributed by atoms with Crippen LogP contribution in [-0.2, 0) is 19.4 Å². The van der Waals surface area contributed by atoms with E-state index in [1.807, 2.05) is 25.3 Å². The highest BCUT2D eigenvalue weighted by Gasteiger charge is 2.15. The number of aromatic nitrogens is 3. The van der Waals surface area contributed by atoms with Crippen molar-refractivity contribution in [3.8, 4) is 0 Å². The van der Waals surface area contributed by atoms with Crippen LogP contribution in [0.2, 0.25) is 0 Å². The first-order chi connectivity index (χ1) is 8.24. The van der Waals surface area contributed by atoms with Crippen LogP contribution < -0.4 is 0 Å². The first-order valence-corrected chi connectivity index (χ1v) is 6.60. The van der Waals surface area contributed by atoms with Crippen LogP contribution in [0.1, 0.15) is 35.0 Å². The molecule has 17 heavy (non-hydrogen) atoms. The Labute approximate surface area is 104 Å². The Bertz CT molecular complexity index is 502. The van der Waals surface area contributed by atoms with E-state index in [0.717, 1.165) is 23.7 Å². The molecule has 5 heteroatoms. The predicted molar refractivity (Wildman–Crippen MR) is 67.4 cm³/mol. The maximum absolute atomic E-state index is 12.1. The van der Waals surface area contributed by atoms with Gasteiger partial charge in [0.15, 0.2) is 5.78 Å². The molecular formula is C12H15N3OS. The van der Waals surface area contributed by atoms with E-state index in [9.17, 15) is 4.79 Å². The molecule has 0 N–H and O–H groups in total. The zero-order chi connectivity index (χ0) is 12.3. The van der Waals surface area contributed by atoms with Crippen molar-refractivity contribution in [1.29, 1.82) is 0 Å². The number of hydrogen-bond donors (Lipinski definition) is 0. The van der Waals surface area contributed by atoms with Crippen LogP contribution in [0.4, 0.5) is 0 Å². The van der Waals surface area contributed by atoms with Gasteiger partial charge in [-0.2, -0.15) is 5.10 Å². The molecule has 0 aliphatic rings. The molecule has 2 aromatic heterocycles. The molecule has 0 aliphatic heterocycles. The van der Waals surface area contributed by atoms with Crippen molar-refractivity contribution in [2.24, 2.45) is 0 Å². The van der Waals surface area contributed by atoms with Crippen LogP contribution in [0.5, 0.6) is 0 Å². The molecule has 2 heterocycles. The number of Topliss-reactive ketones (excluding diaryl/α,β-unsaturated/α-hetero) is 1. The van der Waals surface area contributed by atoms with Crippen molar-refractivity contribution in [1.82, 2.24) is 14.8 Å². The molecule has 2 rings (SSSR count). The van der Waals surface area contributed by atoms with Crippen LogP contribution in [0.3, 0.4) is 0 Å². The first kappa shape index (κ1) is 12.0. The molecule has 2 aromatic rings. The van der Waals surface area contributed by atoms with Crippen molar-refractivity contribution < 1.29 is 4.79 Å². The Morgan fingerprint density at radius 1 is 1.47 bits per heavy atom. The number of carbonyl (C=O) groups excluding carboxylic acids is 1. The third-order valence-electron chi connectivity index (χ3n) is 2.57. The van der Waals surface area contributed by atoms with Crippen LogP contribution in [0.25, 0.3) is 0 Å². The average molecular weight is 249 g/mol. The van der Waals surface area contributed by atoms with E-state index < -0.39 is 0 Å². The molecule has 0 amide bonds. The fourth-order valence-corrected chi connectivity index (χ4v) is 2.29. The SMILES string of the molecule is CCc1cc(C(=O)Cc2nccs2)n(CC)n1. The summed E-state index contributed by atoms with van der Waals surface area (Å²) in [4.78, 5) is 16.3. The topological polar surface area (TPSA) is 47.8 Å². The van der Waals surface area contributed by atoms with Gasteiger partial charge in [0.2, 0.25) is 0 Å². The van der Waals surface area contributed by atoms with Crippen molar-refractivity contribution in [2.75, 3.05) is 0 Å². The average Bonchev–Trinajstić information content (AvgIpc) is 2.96. The summed E-state index contributed by atoms with van der Waals surface area (Å²) in [6, 6.07) is 1.89. The van der Waals surface area contributed by atoms with Crippen molar-refractivity contribution in [3.05, 3.63) is 34.0 Å². The molecule has 0 atom stereocenters. The predicted octanol–water partition coefficient (Wildman–Crippen LogP) is 2.35. The van der Waals surface area contributed by atoms with Gasteiger partial charge in [-0.05, 0) is 19.4 Å².